The Bertz CT molecular complexity index is 1300. The lowest BCUT2D eigenvalue weighted by atomic mass is 10.1. The van der Waals surface area contributed by atoms with Crippen LogP contribution in [0.1, 0.15) is 36.2 Å². The zero-order valence-electron chi connectivity index (χ0n) is 21.4. The van der Waals surface area contributed by atoms with Gasteiger partial charge in [-0.1, -0.05) is 24.4 Å². The lowest BCUT2D eigenvalue weighted by Gasteiger charge is -2.32. The first kappa shape index (κ1) is 27.1. The molecule has 5 rings (SSSR count). The predicted octanol–water partition coefficient (Wildman–Crippen LogP) is 4.12. The fourth-order valence-electron chi connectivity index (χ4n) is 4.65. The molecule has 0 radical (unpaired) electrons. The van der Waals surface area contributed by atoms with Crippen LogP contribution in [-0.4, -0.2) is 70.6 Å². The highest BCUT2D eigenvalue weighted by molar-refractivity contribution is 6.30. The summed E-state index contributed by atoms with van der Waals surface area (Å²) in [5, 5.41) is 14.1. The third-order valence-corrected chi connectivity index (χ3v) is 7.32. The molecule has 0 bridgehead atoms. The Hall–Kier alpha value is -3.90. The standard InChI is InChI=1S/C21H23N5O3.C7H8ClN/c1-25(20(28)17-8-15-4-5-23-10-18(15)24-17)19(7-13-2-3-13)21(29)26-11-14(12-27)6-16(26)9-22;1-9-7-4-2-6(8)3-5-7/h4-5,8,10,12-14,16,19,24H,2-3,6-7,11H2,1H3;2-5,9H,1H3. The number of halogens is 1. The summed E-state index contributed by atoms with van der Waals surface area (Å²) in [4.78, 5) is 47.7. The minimum atomic E-state index is -0.652. The molecule has 9 nitrogen and oxygen atoms in total. The van der Waals surface area contributed by atoms with Crippen LogP contribution < -0.4 is 5.32 Å². The molecule has 1 aliphatic heterocycles. The van der Waals surface area contributed by atoms with Crippen molar-refractivity contribution in [2.45, 2.75) is 37.8 Å². The molecule has 3 unspecified atom stereocenters. The van der Waals surface area contributed by atoms with E-state index in [9.17, 15) is 19.6 Å². The van der Waals surface area contributed by atoms with Crippen molar-refractivity contribution < 1.29 is 14.4 Å². The molecule has 38 heavy (non-hydrogen) atoms. The summed E-state index contributed by atoms with van der Waals surface area (Å²) in [6.07, 6.45) is 7.14. The second-order valence-corrected chi connectivity index (χ2v) is 10.2. The van der Waals surface area contributed by atoms with Gasteiger partial charge in [-0.15, -0.1) is 0 Å². The minimum Gasteiger partial charge on any atom is -0.388 e. The van der Waals surface area contributed by atoms with E-state index in [1.807, 2.05) is 37.4 Å². The Morgan fingerprint density at radius 3 is 2.66 bits per heavy atom. The Morgan fingerprint density at radius 2 is 2.05 bits per heavy atom. The molecule has 0 spiro atoms. The van der Waals surface area contributed by atoms with Crippen LogP contribution >= 0.6 is 11.6 Å². The van der Waals surface area contributed by atoms with Gasteiger partial charge in [-0.25, -0.2) is 0 Å². The lowest BCUT2D eigenvalue weighted by Crippen LogP contribution is -2.51. The van der Waals surface area contributed by atoms with Crippen molar-refractivity contribution in [1.82, 2.24) is 19.8 Å². The number of likely N-dealkylation sites (N-methyl/N-ethyl adjacent to an activating group) is 1. The number of likely N-dealkylation sites (tertiary alicyclic amines) is 1. The summed E-state index contributed by atoms with van der Waals surface area (Å²) < 4.78 is 0. The van der Waals surface area contributed by atoms with Gasteiger partial charge in [-0.05, 0) is 55.2 Å². The third kappa shape index (κ3) is 6.32. The van der Waals surface area contributed by atoms with Crippen LogP contribution in [0.3, 0.4) is 0 Å². The molecule has 2 aromatic heterocycles. The molecule has 10 heteroatoms. The summed E-state index contributed by atoms with van der Waals surface area (Å²) in [6, 6.07) is 12.0. The molecule has 1 saturated heterocycles. The summed E-state index contributed by atoms with van der Waals surface area (Å²) in [5.41, 5.74) is 2.24. The zero-order chi connectivity index (χ0) is 27.2. The van der Waals surface area contributed by atoms with Gasteiger partial charge >= 0.3 is 0 Å². The van der Waals surface area contributed by atoms with Gasteiger partial charge in [0.25, 0.3) is 5.91 Å². The lowest BCUT2D eigenvalue weighted by molar-refractivity contribution is -0.136. The minimum absolute atomic E-state index is 0.238. The van der Waals surface area contributed by atoms with Crippen molar-refractivity contribution in [3.05, 3.63) is 59.5 Å². The van der Waals surface area contributed by atoms with E-state index in [2.05, 4.69) is 21.4 Å². The first-order valence-electron chi connectivity index (χ1n) is 12.6. The normalized spacial score (nSPS) is 19.2. The first-order valence-corrected chi connectivity index (χ1v) is 13.0. The number of nitriles is 1. The molecule has 1 saturated carbocycles. The van der Waals surface area contributed by atoms with Gasteiger partial charge in [0.1, 0.15) is 24.1 Å². The molecule has 3 atom stereocenters. The quantitative estimate of drug-likeness (QED) is 0.439. The number of benzene rings is 1. The van der Waals surface area contributed by atoms with Crippen molar-refractivity contribution >= 4 is 46.3 Å². The highest BCUT2D eigenvalue weighted by Gasteiger charge is 2.42. The van der Waals surface area contributed by atoms with Gasteiger partial charge in [0.05, 0.1) is 17.8 Å². The molecule has 1 aliphatic carbocycles. The number of anilines is 1. The van der Waals surface area contributed by atoms with Crippen LogP contribution in [0.5, 0.6) is 0 Å². The number of nitrogens with one attached hydrogen (secondary N) is 2. The number of fused-ring (bicyclic) bond motifs is 1. The number of nitrogens with zero attached hydrogens (tertiary/aromatic N) is 4. The van der Waals surface area contributed by atoms with Crippen molar-refractivity contribution in [2.24, 2.45) is 11.8 Å². The number of hydrogen-bond acceptors (Lipinski definition) is 6. The van der Waals surface area contributed by atoms with Crippen LogP contribution in [0.2, 0.25) is 5.02 Å². The highest BCUT2D eigenvalue weighted by atomic mass is 35.5. The fraction of sp³-hybridized carbons (Fsp3) is 0.393. The molecule has 2 fully saturated rings. The zero-order valence-corrected chi connectivity index (χ0v) is 22.2. The van der Waals surface area contributed by atoms with Crippen LogP contribution in [0.4, 0.5) is 5.69 Å². The van der Waals surface area contributed by atoms with Crippen LogP contribution in [-0.2, 0) is 9.59 Å². The Morgan fingerprint density at radius 1 is 1.32 bits per heavy atom. The maximum absolute atomic E-state index is 13.3. The summed E-state index contributed by atoms with van der Waals surface area (Å²) in [6.45, 7) is 0.238. The SMILES string of the molecule is CN(C(=O)c1cc2ccncc2[nH]1)C(CC1CC1)C(=O)N1CC(C=O)CC1C#N.CNc1ccc(Cl)cc1. The van der Waals surface area contributed by atoms with Crippen molar-refractivity contribution in [3.8, 4) is 6.07 Å². The number of carbonyl (C=O) groups is 3. The van der Waals surface area contributed by atoms with Gasteiger partial charge in [0.15, 0.2) is 0 Å². The molecule has 1 aromatic carbocycles. The van der Waals surface area contributed by atoms with Crippen LogP contribution in [0.25, 0.3) is 10.9 Å². The smallest absolute Gasteiger partial charge is 0.270 e. The number of carbonyl (C=O) groups excluding carboxylic acids is 3. The Labute approximate surface area is 226 Å². The van der Waals surface area contributed by atoms with Gasteiger partial charge in [0, 0.05) is 48.9 Å². The number of rotatable bonds is 7. The molecule has 2 N–H and O–H groups in total. The Balaban J connectivity index is 0.000000317. The largest absolute Gasteiger partial charge is 0.388 e. The summed E-state index contributed by atoms with van der Waals surface area (Å²) in [5.74, 6) is -0.440. The van der Waals surface area contributed by atoms with Crippen molar-refractivity contribution in [3.63, 3.8) is 0 Å². The molecule has 2 aliphatic rings. The third-order valence-electron chi connectivity index (χ3n) is 7.07. The monoisotopic (exact) mass is 534 g/mol. The first-order chi connectivity index (χ1) is 18.3. The number of H-pyrrole nitrogens is 1. The average molecular weight is 535 g/mol. The molecule has 2 amide bonds. The van der Waals surface area contributed by atoms with E-state index in [0.717, 1.165) is 40.7 Å². The Kier molecular flexibility index (Phi) is 8.64. The molecule has 198 valence electrons. The van der Waals surface area contributed by atoms with E-state index < -0.39 is 12.1 Å². The van der Waals surface area contributed by atoms with E-state index in [-0.39, 0.29) is 24.3 Å². The van der Waals surface area contributed by atoms with Gasteiger partial charge in [-0.3, -0.25) is 14.6 Å². The van der Waals surface area contributed by atoms with Gasteiger partial charge in [0.2, 0.25) is 5.91 Å². The average Bonchev–Trinajstić information content (AvgIpc) is 3.50. The van der Waals surface area contributed by atoms with E-state index in [1.165, 1.54) is 9.80 Å². The maximum Gasteiger partial charge on any atom is 0.270 e. The number of hydrogen-bond donors (Lipinski definition) is 2. The van der Waals surface area contributed by atoms with Crippen LogP contribution in [0, 0.1) is 23.2 Å². The molecular weight excluding hydrogens is 504 g/mol. The molecule has 3 aromatic rings. The van der Waals surface area contributed by atoms with Gasteiger partial charge < -0.3 is 24.9 Å². The van der Waals surface area contributed by atoms with E-state index >= 15 is 0 Å². The number of aromatic amines is 1. The number of aromatic nitrogens is 2. The highest BCUT2D eigenvalue weighted by Crippen LogP contribution is 2.36. The van der Waals surface area contributed by atoms with Crippen LogP contribution in [0.15, 0.2) is 48.8 Å². The summed E-state index contributed by atoms with van der Waals surface area (Å²) in [7, 11) is 3.51. The topological polar surface area (TPSA) is 122 Å². The second-order valence-electron chi connectivity index (χ2n) is 9.78. The second kappa shape index (κ2) is 12.1. The molecular formula is C28H31ClN6O3. The number of aldehydes is 1. The molecule has 3 heterocycles. The van der Waals surface area contributed by atoms with Gasteiger partial charge in [-0.2, -0.15) is 5.26 Å². The predicted molar refractivity (Wildman–Crippen MR) is 146 cm³/mol. The van der Waals surface area contributed by atoms with Crippen molar-refractivity contribution in [1.29, 1.82) is 5.26 Å². The summed E-state index contributed by atoms with van der Waals surface area (Å²) >= 11 is 5.64. The van der Waals surface area contributed by atoms with E-state index in [1.54, 1.807) is 25.5 Å². The number of amides is 2. The fourth-order valence-corrected chi connectivity index (χ4v) is 4.78. The van der Waals surface area contributed by atoms with E-state index in [0.29, 0.717) is 24.5 Å². The number of pyridine rings is 1. The van der Waals surface area contributed by atoms with Crippen molar-refractivity contribution in [2.75, 3.05) is 26.0 Å². The maximum atomic E-state index is 13.3. The van der Waals surface area contributed by atoms with E-state index in [4.69, 9.17) is 11.6 Å².